The number of aromatic hydroxyl groups is 1. The van der Waals surface area contributed by atoms with Crippen molar-refractivity contribution in [2.45, 2.75) is 85.0 Å². The number of hydrogen-bond acceptors (Lipinski definition) is 7. The van der Waals surface area contributed by atoms with Gasteiger partial charge >= 0.3 is 25.7 Å². The van der Waals surface area contributed by atoms with Crippen LogP contribution in [0, 0.1) is 0 Å². The minimum Gasteiger partial charge on any atom is -0.514 e. The van der Waals surface area contributed by atoms with Crippen LogP contribution in [0.1, 0.15) is 84.9 Å². The number of benzene rings is 9. The summed E-state index contributed by atoms with van der Waals surface area (Å²) in [5, 5.41) is 18.4. The smallest absolute Gasteiger partial charge is 0.469 e. The van der Waals surface area contributed by atoms with Crippen LogP contribution in [-0.2, 0) is 13.3 Å². The van der Waals surface area contributed by atoms with E-state index in [9.17, 15) is 5.11 Å². The van der Waals surface area contributed by atoms with Crippen LogP contribution in [-0.4, -0.2) is 47.6 Å². The first kappa shape index (κ1) is 54.5. The molecular weight excluding hydrogens is 1000 g/mol. The summed E-state index contributed by atoms with van der Waals surface area (Å²) in [7, 11) is -10.2. The Kier molecular flexibility index (Phi) is 16.1. The molecule has 9 aromatic carbocycles. The topological polar surface area (TPSA) is 75.6 Å². The van der Waals surface area contributed by atoms with E-state index in [2.05, 4.69) is 139 Å². The summed E-state index contributed by atoms with van der Waals surface area (Å²) in [6.07, 6.45) is 0. The second kappa shape index (κ2) is 22.7. The van der Waals surface area contributed by atoms with Gasteiger partial charge in [0, 0.05) is 48.7 Å². The van der Waals surface area contributed by atoms with Gasteiger partial charge < -0.3 is 31.7 Å². The molecule has 0 amide bonds. The van der Waals surface area contributed by atoms with Crippen molar-refractivity contribution < 1.29 is 31.7 Å². The van der Waals surface area contributed by atoms with Crippen LogP contribution in [0.2, 0.25) is 0 Å². The van der Waals surface area contributed by atoms with E-state index in [0.717, 1.165) is 42.2 Å². The molecule has 7 nitrogen and oxygen atoms in total. The van der Waals surface area contributed by atoms with Gasteiger partial charge in [-0.2, -0.15) is 0 Å². The molecule has 0 saturated carbocycles. The molecule has 0 aromatic heterocycles. The average Bonchev–Trinajstić information content (AvgIpc) is 3.43. The molecule has 9 aromatic rings. The van der Waals surface area contributed by atoms with Crippen molar-refractivity contribution in [3.63, 3.8) is 0 Å². The van der Waals surface area contributed by atoms with E-state index in [-0.39, 0.29) is 5.75 Å². The molecule has 1 N–H and O–H groups in total. The van der Waals surface area contributed by atoms with Crippen LogP contribution in [0.25, 0.3) is 0 Å². The van der Waals surface area contributed by atoms with Crippen LogP contribution in [0.5, 0.6) is 23.0 Å². The maximum absolute atomic E-state index is 12.5. The van der Waals surface area contributed by atoms with Gasteiger partial charge in [-0.3, -0.25) is 0 Å². The Morgan fingerprint density at radius 3 is 0.766 bits per heavy atom. The summed E-state index contributed by atoms with van der Waals surface area (Å²) in [6, 6.07) is 83.5. The highest BCUT2D eigenvalue weighted by molar-refractivity contribution is 6.94. The van der Waals surface area contributed by atoms with Gasteiger partial charge in [0.05, 0.1) is 16.8 Å². The van der Waals surface area contributed by atoms with Crippen molar-refractivity contribution in [2.24, 2.45) is 0 Å². The molecule has 0 heterocycles. The Labute approximate surface area is 459 Å². The summed E-state index contributed by atoms with van der Waals surface area (Å²) in [4.78, 5) is 0. The van der Waals surface area contributed by atoms with Crippen LogP contribution in [0.15, 0.2) is 249 Å². The SMILES string of the molecule is CC(C)(C)O[Si](Oc1ccc(C(c2ccc(O[Si](OC(C)(C)C)(c3ccccc3)c3ccccc3)cc2)c2ccc(O[Si](OC(C)(C)C)(c3ccccc3)c3ccccc3)cc2O)cc1)(c1ccccc1)c1ccccc1. The molecule has 0 spiro atoms. The second-order valence-electron chi connectivity index (χ2n) is 22.3. The molecular formula is C67H70O7Si3. The van der Waals surface area contributed by atoms with Crippen LogP contribution >= 0.6 is 0 Å². The van der Waals surface area contributed by atoms with E-state index >= 15 is 0 Å². The molecule has 0 fully saturated rings. The molecule has 392 valence electrons. The zero-order valence-electron chi connectivity index (χ0n) is 45.6. The third kappa shape index (κ3) is 12.8. The molecule has 0 atom stereocenters. The normalized spacial score (nSPS) is 12.5. The fourth-order valence-electron chi connectivity index (χ4n) is 9.85. The summed E-state index contributed by atoms with van der Waals surface area (Å²) in [5.41, 5.74) is 0.922. The van der Waals surface area contributed by atoms with Crippen LogP contribution in [0.3, 0.4) is 0 Å². The van der Waals surface area contributed by atoms with Gasteiger partial charge in [-0.25, -0.2) is 0 Å². The molecule has 0 bridgehead atoms. The molecule has 0 radical (unpaired) electrons. The number of phenols is 1. The number of phenolic OH excluding ortho intramolecular Hbond substituents is 1. The Hall–Kier alpha value is -7.29. The summed E-state index contributed by atoms with van der Waals surface area (Å²) in [6.45, 7) is 18.6. The lowest BCUT2D eigenvalue weighted by Crippen LogP contribution is -2.68. The van der Waals surface area contributed by atoms with Crippen LogP contribution in [0.4, 0.5) is 0 Å². The first-order chi connectivity index (χ1) is 36.8. The van der Waals surface area contributed by atoms with E-state index in [4.69, 9.17) is 26.6 Å². The van der Waals surface area contributed by atoms with Crippen molar-refractivity contribution in [1.29, 1.82) is 0 Å². The lowest BCUT2D eigenvalue weighted by Gasteiger charge is -2.37. The monoisotopic (exact) mass is 1070 g/mol. The standard InChI is InChI=1S/C67H70O7Si3/c1-65(2,3)72-75(56-28-16-10-17-29-56,57-30-18-11-19-31-57)69-53-44-40-51(41-45-53)64(52-42-46-54(47-43-52)70-76(73-66(4,5)6,58-32-20-12-21-33-58)59-34-22-13-23-35-59)62-49-48-55(50-63(62)68)71-77(74-67(7,8)9,60-36-24-14-25-37-60)61-38-26-15-27-39-61/h10-50,64,68H,1-9H3. The molecule has 0 saturated heterocycles. The van der Waals surface area contributed by atoms with E-state index in [1.807, 2.05) is 166 Å². The highest BCUT2D eigenvalue weighted by atomic mass is 28.4. The first-order valence-electron chi connectivity index (χ1n) is 26.4. The fourth-order valence-corrected chi connectivity index (χ4v) is 20.2. The fraction of sp³-hybridized carbons (Fsp3) is 0.194. The lowest BCUT2D eigenvalue weighted by molar-refractivity contribution is 0.100. The highest BCUT2D eigenvalue weighted by Crippen LogP contribution is 2.41. The van der Waals surface area contributed by atoms with Gasteiger partial charge in [0.25, 0.3) is 0 Å². The predicted octanol–water partition coefficient (Wildman–Crippen LogP) is 11.9. The zero-order valence-corrected chi connectivity index (χ0v) is 48.6. The maximum atomic E-state index is 12.5. The Morgan fingerprint density at radius 2 is 0.532 bits per heavy atom. The van der Waals surface area contributed by atoms with Crippen molar-refractivity contribution in [1.82, 2.24) is 0 Å². The van der Waals surface area contributed by atoms with E-state index in [0.29, 0.717) is 22.8 Å². The molecule has 0 unspecified atom stereocenters. The van der Waals surface area contributed by atoms with Gasteiger partial charge in [0.1, 0.15) is 23.0 Å². The van der Waals surface area contributed by atoms with E-state index in [1.54, 1.807) is 6.07 Å². The minimum absolute atomic E-state index is 0.0734. The van der Waals surface area contributed by atoms with Gasteiger partial charge in [0.2, 0.25) is 0 Å². The Balaban J connectivity index is 1.15. The van der Waals surface area contributed by atoms with Gasteiger partial charge in [-0.1, -0.05) is 212 Å². The minimum atomic E-state index is -3.45. The molecule has 10 heteroatoms. The first-order valence-corrected chi connectivity index (χ1v) is 31.8. The van der Waals surface area contributed by atoms with Crippen molar-refractivity contribution >= 4 is 56.8 Å². The third-order valence-corrected chi connectivity index (χ3v) is 23.6. The number of hydrogen-bond donors (Lipinski definition) is 1. The van der Waals surface area contributed by atoms with Crippen LogP contribution < -0.4 is 44.4 Å². The highest BCUT2D eigenvalue weighted by Gasteiger charge is 2.50. The van der Waals surface area contributed by atoms with Gasteiger partial charge in [0.15, 0.2) is 0 Å². The molecule has 9 rings (SSSR count). The lowest BCUT2D eigenvalue weighted by atomic mass is 9.84. The number of rotatable bonds is 18. The maximum Gasteiger partial charge on any atom is 0.469 e. The van der Waals surface area contributed by atoms with Crippen molar-refractivity contribution in [3.8, 4) is 23.0 Å². The third-order valence-electron chi connectivity index (χ3n) is 12.8. The van der Waals surface area contributed by atoms with Gasteiger partial charge in [-0.15, -0.1) is 0 Å². The largest absolute Gasteiger partial charge is 0.514 e. The molecule has 0 aliphatic carbocycles. The zero-order chi connectivity index (χ0) is 54.3. The van der Waals surface area contributed by atoms with Crippen molar-refractivity contribution in [3.05, 3.63) is 265 Å². The average molecular weight is 1070 g/mol. The van der Waals surface area contributed by atoms with Gasteiger partial charge in [-0.05, 0) is 104 Å². The molecule has 0 aliphatic rings. The Morgan fingerprint density at radius 1 is 0.299 bits per heavy atom. The quantitative estimate of drug-likeness (QED) is 0.0678. The summed E-state index contributed by atoms with van der Waals surface area (Å²) >= 11 is 0. The summed E-state index contributed by atoms with van der Waals surface area (Å²) in [5.74, 6) is 1.44. The van der Waals surface area contributed by atoms with E-state index < -0.39 is 48.4 Å². The second-order valence-corrected chi connectivity index (χ2v) is 30.7. The Bertz CT molecular complexity index is 3020. The molecule has 77 heavy (non-hydrogen) atoms. The summed E-state index contributed by atoms with van der Waals surface area (Å²) < 4.78 is 43.2. The predicted molar refractivity (Wildman–Crippen MR) is 320 cm³/mol. The van der Waals surface area contributed by atoms with E-state index in [1.165, 1.54) is 0 Å². The van der Waals surface area contributed by atoms with Crippen molar-refractivity contribution in [2.75, 3.05) is 0 Å². The molecule has 0 aliphatic heterocycles.